The first-order chi connectivity index (χ1) is 29.9. The van der Waals surface area contributed by atoms with Crippen molar-refractivity contribution in [2.75, 3.05) is 52.7 Å². The first-order valence-electron chi connectivity index (χ1n) is 23.0. The molecule has 350 valence electrons. The van der Waals surface area contributed by atoms with Gasteiger partial charge in [-0.15, -0.1) is 0 Å². The fourth-order valence-electron chi connectivity index (χ4n) is 8.65. The Morgan fingerprint density at radius 1 is 0.484 bits per heavy atom. The first kappa shape index (κ1) is 50.5. The molecule has 0 radical (unpaired) electrons. The molecule has 0 saturated heterocycles. The predicted molar refractivity (Wildman–Crippen MR) is 227 cm³/mol. The molecule has 4 saturated carbocycles. The van der Waals surface area contributed by atoms with Gasteiger partial charge in [0.05, 0.1) is 50.3 Å². The van der Waals surface area contributed by atoms with Crippen LogP contribution in [-0.2, 0) is 57.1 Å². The fraction of sp³-hybridized carbons (Fsp3) is 0.783. The molecular weight excluding hydrogens is 805 g/mol. The number of hydrogen-bond donors (Lipinski definition) is 2. The van der Waals surface area contributed by atoms with Crippen LogP contribution in [0.3, 0.4) is 0 Å². The van der Waals surface area contributed by atoms with E-state index >= 15 is 0 Å². The van der Waals surface area contributed by atoms with Crippen LogP contribution in [0.5, 0.6) is 0 Å². The highest BCUT2D eigenvalue weighted by atomic mass is 16.6. The number of carbonyl (C=O) groups excluding carboxylic acids is 6. The van der Waals surface area contributed by atoms with Gasteiger partial charge in [0.15, 0.2) is 12.2 Å². The monoisotopic (exact) mass is 876 g/mol. The molecule has 4 fully saturated rings. The zero-order valence-electron chi connectivity index (χ0n) is 37.1. The van der Waals surface area contributed by atoms with E-state index in [4.69, 9.17) is 37.9 Å². The van der Waals surface area contributed by atoms with Crippen LogP contribution >= 0.6 is 0 Å². The first-order valence-corrected chi connectivity index (χ1v) is 23.0. The summed E-state index contributed by atoms with van der Waals surface area (Å²) in [5, 5.41) is 5.12. The van der Waals surface area contributed by atoms with Gasteiger partial charge in [-0.2, -0.15) is 0 Å². The number of esters is 4. The van der Waals surface area contributed by atoms with E-state index in [0.717, 1.165) is 77.0 Å². The zero-order valence-corrected chi connectivity index (χ0v) is 37.1. The molecule has 2 atom stereocenters. The maximum Gasteiger partial charge on any atom is 0.407 e. The summed E-state index contributed by atoms with van der Waals surface area (Å²) in [4.78, 5) is 74.8. The molecule has 4 rings (SSSR count). The summed E-state index contributed by atoms with van der Waals surface area (Å²) in [7, 11) is 0. The predicted octanol–water partition coefficient (Wildman–Crippen LogP) is 6.81. The van der Waals surface area contributed by atoms with Gasteiger partial charge in [0.2, 0.25) is 0 Å². The zero-order chi connectivity index (χ0) is 44.7. The molecule has 16 nitrogen and oxygen atoms in total. The summed E-state index contributed by atoms with van der Waals surface area (Å²) in [5.74, 6) is -1.28. The summed E-state index contributed by atoms with van der Waals surface area (Å²) < 4.78 is 44.7. The standard InChI is InChI=1S/C46H72N2O14/c1-31(2)41(49)55-25-23-47-45(53)61-39(27-57-37-11-7-5-8-12-37)29-59-43(51)35-19-15-33(16-20-35)34-17-21-36(22-18-34)44(52)60-30-40(28-58-38-13-9-6-10-14-38)62-46(54)48-24-26-56-42(50)32(3)4/h33-40H,1,3,5-30H2,2,4H3,(H,47,53)(H,48,54). The van der Waals surface area contributed by atoms with Crippen molar-refractivity contribution in [1.82, 2.24) is 10.6 Å². The smallest absolute Gasteiger partial charge is 0.407 e. The number of hydrogen-bond acceptors (Lipinski definition) is 14. The number of nitrogens with one attached hydrogen (secondary N) is 2. The Balaban J connectivity index is 1.16. The average Bonchev–Trinajstić information content (AvgIpc) is 3.28. The molecule has 0 aromatic carbocycles. The van der Waals surface area contributed by atoms with E-state index in [1.54, 1.807) is 0 Å². The van der Waals surface area contributed by atoms with Crippen LogP contribution in [0.15, 0.2) is 24.3 Å². The SMILES string of the molecule is C=C(C)C(=O)OCCNC(=O)OC(COC(=O)C1CCC(C2CCC(C(=O)OCC(COC3CCCCC3)OC(=O)NCCOC(=O)C(=C)C)CC2)CC1)COC1CCCCC1. The Labute approximate surface area is 367 Å². The van der Waals surface area contributed by atoms with Gasteiger partial charge in [0.1, 0.15) is 26.4 Å². The second-order valence-corrected chi connectivity index (χ2v) is 17.4. The lowest BCUT2D eigenvalue weighted by atomic mass is 9.69. The molecule has 0 spiro atoms. The second-order valence-electron chi connectivity index (χ2n) is 17.4. The third-order valence-corrected chi connectivity index (χ3v) is 12.3. The topological polar surface area (TPSA) is 200 Å². The van der Waals surface area contributed by atoms with Gasteiger partial charge < -0.3 is 48.5 Å². The van der Waals surface area contributed by atoms with Gasteiger partial charge in [-0.1, -0.05) is 51.7 Å². The third kappa shape index (κ3) is 19.1. The van der Waals surface area contributed by atoms with E-state index < -0.39 is 36.3 Å². The van der Waals surface area contributed by atoms with Gasteiger partial charge in [0.25, 0.3) is 0 Å². The summed E-state index contributed by atoms with van der Waals surface area (Å²) in [5.41, 5.74) is 0.527. The lowest BCUT2D eigenvalue weighted by Gasteiger charge is -2.37. The molecule has 62 heavy (non-hydrogen) atoms. The molecule has 0 bridgehead atoms. The van der Waals surface area contributed by atoms with Gasteiger partial charge in [-0.3, -0.25) is 9.59 Å². The van der Waals surface area contributed by atoms with Crippen molar-refractivity contribution in [3.05, 3.63) is 24.3 Å². The average molecular weight is 877 g/mol. The van der Waals surface area contributed by atoms with E-state index in [2.05, 4.69) is 23.8 Å². The molecule has 0 heterocycles. The summed E-state index contributed by atoms with van der Waals surface area (Å²) >= 11 is 0. The van der Waals surface area contributed by atoms with E-state index in [9.17, 15) is 28.8 Å². The minimum atomic E-state index is -0.790. The van der Waals surface area contributed by atoms with Crippen LogP contribution in [0.2, 0.25) is 0 Å². The Hall–Kier alpha value is -4.18. The van der Waals surface area contributed by atoms with Crippen molar-refractivity contribution in [3.63, 3.8) is 0 Å². The van der Waals surface area contributed by atoms with Crippen molar-refractivity contribution in [3.8, 4) is 0 Å². The maximum absolute atomic E-state index is 13.2. The molecule has 2 amide bonds. The second kappa shape index (κ2) is 27.8. The summed E-state index contributed by atoms with van der Waals surface area (Å²) in [6.07, 6.45) is 14.0. The van der Waals surface area contributed by atoms with Gasteiger partial charge in [-0.25, -0.2) is 19.2 Å². The molecule has 0 aromatic rings. The minimum Gasteiger partial charge on any atom is -0.461 e. The minimum absolute atomic E-state index is 0.0351. The largest absolute Gasteiger partial charge is 0.461 e. The van der Waals surface area contributed by atoms with Crippen LogP contribution in [0, 0.1) is 23.7 Å². The lowest BCUT2D eigenvalue weighted by molar-refractivity contribution is -0.156. The molecule has 2 unspecified atom stereocenters. The Kier molecular flexibility index (Phi) is 22.6. The number of rotatable bonds is 23. The van der Waals surface area contributed by atoms with E-state index in [-0.39, 0.29) is 99.9 Å². The number of carbonyl (C=O) groups is 6. The molecule has 0 aromatic heterocycles. The maximum atomic E-state index is 13.2. The molecule has 4 aliphatic rings. The normalized spacial score (nSPS) is 23.1. The highest BCUT2D eigenvalue weighted by Gasteiger charge is 2.36. The Bertz CT molecular complexity index is 1350. The van der Waals surface area contributed by atoms with Crippen molar-refractivity contribution in [1.29, 1.82) is 0 Å². The lowest BCUT2D eigenvalue weighted by Crippen LogP contribution is -2.38. The summed E-state index contributed by atoms with van der Waals surface area (Å²) in [6.45, 7) is 10.2. The molecule has 2 N–H and O–H groups in total. The fourth-order valence-corrected chi connectivity index (χ4v) is 8.65. The Morgan fingerprint density at radius 2 is 0.839 bits per heavy atom. The van der Waals surface area contributed by atoms with Crippen LogP contribution in [0.4, 0.5) is 9.59 Å². The Morgan fingerprint density at radius 3 is 1.18 bits per heavy atom. The number of ether oxygens (including phenoxy) is 8. The molecule has 16 heteroatoms. The molecule has 0 aliphatic heterocycles. The van der Waals surface area contributed by atoms with Crippen molar-refractivity contribution in [2.45, 2.75) is 154 Å². The highest BCUT2D eigenvalue weighted by molar-refractivity contribution is 5.87. The van der Waals surface area contributed by atoms with Crippen LogP contribution in [0.25, 0.3) is 0 Å². The quantitative estimate of drug-likeness (QED) is 0.0469. The number of amides is 2. The highest BCUT2D eigenvalue weighted by Crippen LogP contribution is 2.42. The molecular formula is C46H72N2O14. The van der Waals surface area contributed by atoms with E-state index in [1.807, 2.05) is 0 Å². The van der Waals surface area contributed by atoms with Crippen molar-refractivity contribution in [2.24, 2.45) is 23.7 Å². The van der Waals surface area contributed by atoms with Gasteiger partial charge in [-0.05, 0) is 103 Å². The van der Waals surface area contributed by atoms with Crippen molar-refractivity contribution < 1.29 is 66.7 Å². The summed E-state index contributed by atoms with van der Waals surface area (Å²) in [6, 6.07) is 0. The van der Waals surface area contributed by atoms with Crippen LogP contribution in [-0.4, -0.2) is 113 Å². The third-order valence-electron chi connectivity index (χ3n) is 12.3. The van der Waals surface area contributed by atoms with Gasteiger partial charge in [0, 0.05) is 11.1 Å². The molecule has 4 aliphatic carbocycles. The number of alkyl carbamates (subject to hydrolysis) is 2. The van der Waals surface area contributed by atoms with Gasteiger partial charge >= 0.3 is 36.1 Å². The van der Waals surface area contributed by atoms with E-state index in [0.29, 0.717) is 37.5 Å². The van der Waals surface area contributed by atoms with Crippen LogP contribution in [0.1, 0.15) is 129 Å². The van der Waals surface area contributed by atoms with E-state index in [1.165, 1.54) is 26.7 Å². The van der Waals surface area contributed by atoms with Crippen LogP contribution < -0.4 is 10.6 Å². The van der Waals surface area contributed by atoms with Crippen molar-refractivity contribution >= 4 is 36.1 Å².